The lowest BCUT2D eigenvalue weighted by molar-refractivity contribution is -0.138. The number of amides is 1. The molecule has 0 heterocycles. The van der Waals surface area contributed by atoms with Gasteiger partial charge in [-0.1, -0.05) is 20.8 Å². The number of carbonyl (C=O) groups is 2. The van der Waals surface area contributed by atoms with Gasteiger partial charge in [-0.15, -0.1) is 0 Å². The second-order valence-electron chi connectivity index (χ2n) is 5.53. The van der Waals surface area contributed by atoms with Crippen molar-refractivity contribution >= 4 is 11.9 Å². The summed E-state index contributed by atoms with van der Waals surface area (Å²) in [5.74, 6) is -1.30. The number of carboxylic acid groups (broad SMARTS) is 1. The lowest BCUT2D eigenvalue weighted by Gasteiger charge is -2.27. The van der Waals surface area contributed by atoms with Crippen LogP contribution in [0.5, 0.6) is 0 Å². The van der Waals surface area contributed by atoms with Gasteiger partial charge in [0.25, 0.3) is 5.91 Å². The molecule has 0 bridgehead atoms. The van der Waals surface area contributed by atoms with Gasteiger partial charge >= 0.3 is 5.97 Å². The third-order valence-corrected chi connectivity index (χ3v) is 2.42. The van der Waals surface area contributed by atoms with Gasteiger partial charge in [0, 0.05) is 19.7 Å². The van der Waals surface area contributed by atoms with Crippen molar-refractivity contribution in [2.45, 2.75) is 45.8 Å². The number of carboxylic acids is 1. The average Bonchev–Trinajstić information content (AvgIpc) is 2.15. The minimum absolute atomic E-state index is 0.0671. The first kappa shape index (κ1) is 16.9. The predicted molar refractivity (Wildman–Crippen MR) is 68.1 cm³/mol. The topological polar surface area (TPSA) is 102 Å². The van der Waals surface area contributed by atoms with Crippen LogP contribution in [0.15, 0.2) is 0 Å². The normalized spacial score (nSPS) is 14.9. The van der Waals surface area contributed by atoms with Crippen molar-refractivity contribution in [3.8, 4) is 0 Å². The Morgan fingerprint density at radius 2 is 1.94 bits per heavy atom. The number of ether oxygens (including phenoxy) is 1. The Balaban J connectivity index is 4.58. The fourth-order valence-corrected chi connectivity index (χ4v) is 1.73. The summed E-state index contributed by atoms with van der Waals surface area (Å²) in [7, 11) is 1.40. The standard InChI is InChI=1S/C12H24N2O4/c1-12(2,3)6-8(5-10(15)16)14-11(17)9(7-13)18-4/h8-9H,5-7,13H2,1-4H3,(H,14,17)(H,15,16). The molecule has 6 heteroatoms. The molecule has 0 rings (SSSR count). The van der Waals surface area contributed by atoms with Crippen LogP contribution in [-0.2, 0) is 14.3 Å². The highest BCUT2D eigenvalue weighted by Gasteiger charge is 2.25. The van der Waals surface area contributed by atoms with Gasteiger partial charge in [-0.25, -0.2) is 0 Å². The molecule has 106 valence electrons. The van der Waals surface area contributed by atoms with Crippen LogP contribution in [-0.4, -0.2) is 42.8 Å². The molecule has 2 unspecified atom stereocenters. The number of hydrogen-bond donors (Lipinski definition) is 3. The van der Waals surface area contributed by atoms with Gasteiger partial charge in [-0.2, -0.15) is 0 Å². The van der Waals surface area contributed by atoms with Crippen molar-refractivity contribution in [3.05, 3.63) is 0 Å². The van der Waals surface area contributed by atoms with Gasteiger partial charge in [0.05, 0.1) is 6.42 Å². The van der Waals surface area contributed by atoms with E-state index in [1.54, 1.807) is 0 Å². The molecule has 0 saturated heterocycles. The van der Waals surface area contributed by atoms with Crippen LogP contribution in [0, 0.1) is 5.41 Å². The van der Waals surface area contributed by atoms with Gasteiger partial charge in [-0.05, 0) is 11.8 Å². The molecule has 0 aliphatic rings. The zero-order valence-electron chi connectivity index (χ0n) is 11.5. The van der Waals surface area contributed by atoms with Gasteiger partial charge < -0.3 is 20.9 Å². The number of rotatable bonds is 7. The molecule has 4 N–H and O–H groups in total. The fourth-order valence-electron chi connectivity index (χ4n) is 1.73. The molecule has 0 aromatic rings. The lowest BCUT2D eigenvalue weighted by Crippen LogP contribution is -2.47. The predicted octanol–water partition coefficient (Wildman–Crippen LogP) is 0.356. The quantitative estimate of drug-likeness (QED) is 0.613. The van der Waals surface area contributed by atoms with Gasteiger partial charge in [0.2, 0.25) is 0 Å². The van der Waals surface area contributed by atoms with E-state index in [2.05, 4.69) is 5.32 Å². The molecule has 0 aliphatic carbocycles. The number of hydrogen-bond acceptors (Lipinski definition) is 4. The van der Waals surface area contributed by atoms with Crippen molar-refractivity contribution in [1.29, 1.82) is 0 Å². The minimum Gasteiger partial charge on any atom is -0.481 e. The molecule has 0 saturated carbocycles. The molecule has 0 aromatic carbocycles. The first-order valence-electron chi connectivity index (χ1n) is 5.94. The number of nitrogens with two attached hydrogens (primary N) is 1. The summed E-state index contributed by atoms with van der Waals surface area (Å²) in [6, 6.07) is -0.417. The molecular formula is C12H24N2O4. The molecule has 6 nitrogen and oxygen atoms in total. The maximum absolute atomic E-state index is 11.8. The smallest absolute Gasteiger partial charge is 0.305 e. The fraction of sp³-hybridized carbons (Fsp3) is 0.833. The number of aliphatic carboxylic acids is 1. The molecule has 0 fully saturated rings. The summed E-state index contributed by atoms with van der Waals surface area (Å²) in [6.07, 6.45) is -0.267. The molecule has 0 aliphatic heterocycles. The van der Waals surface area contributed by atoms with Crippen molar-refractivity contribution in [3.63, 3.8) is 0 Å². The van der Waals surface area contributed by atoms with E-state index in [-0.39, 0.29) is 24.3 Å². The van der Waals surface area contributed by atoms with Crippen LogP contribution in [0.4, 0.5) is 0 Å². The van der Waals surface area contributed by atoms with E-state index in [4.69, 9.17) is 15.6 Å². The van der Waals surface area contributed by atoms with E-state index in [1.165, 1.54) is 7.11 Å². The van der Waals surface area contributed by atoms with E-state index in [0.717, 1.165) is 0 Å². The number of carbonyl (C=O) groups excluding carboxylic acids is 1. The van der Waals surface area contributed by atoms with E-state index in [1.807, 2.05) is 20.8 Å². The Hall–Kier alpha value is -1.14. The largest absolute Gasteiger partial charge is 0.481 e. The first-order valence-corrected chi connectivity index (χ1v) is 5.94. The highest BCUT2D eigenvalue weighted by atomic mass is 16.5. The zero-order valence-corrected chi connectivity index (χ0v) is 11.5. The van der Waals surface area contributed by atoms with Crippen molar-refractivity contribution < 1.29 is 19.4 Å². The third-order valence-electron chi connectivity index (χ3n) is 2.42. The van der Waals surface area contributed by atoms with E-state index in [9.17, 15) is 9.59 Å². The Morgan fingerprint density at radius 3 is 2.28 bits per heavy atom. The Kier molecular flexibility index (Phi) is 6.86. The lowest BCUT2D eigenvalue weighted by atomic mass is 9.87. The monoisotopic (exact) mass is 260 g/mol. The zero-order chi connectivity index (χ0) is 14.3. The average molecular weight is 260 g/mol. The summed E-state index contributed by atoms with van der Waals surface area (Å²) in [4.78, 5) is 22.6. The Morgan fingerprint density at radius 1 is 1.39 bits per heavy atom. The van der Waals surface area contributed by atoms with Crippen LogP contribution < -0.4 is 11.1 Å². The van der Waals surface area contributed by atoms with Crippen LogP contribution >= 0.6 is 0 Å². The SMILES string of the molecule is COC(CN)C(=O)NC(CC(=O)O)CC(C)(C)C. The second kappa shape index (κ2) is 7.33. The molecule has 18 heavy (non-hydrogen) atoms. The maximum Gasteiger partial charge on any atom is 0.305 e. The molecule has 0 aromatic heterocycles. The summed E-state index contributed by atoms with van der Waals surface area (Å²) in [6.45, 7) is 6.04. The molecule has 2 atom stereocenters. The second-order valence-corrected chi connectivity index (χ2v) is 5.53. The summed E-state index contributed by atoms with van der Waals surface area (Å²) < 4.78 is 4.91. The summed E-state index contributed by atoms with van der Waals surface area (Å²) in [5.41, 5.74) is 5.32. The van der Waals surface area contributed by atoms with Crippen LogP contribution in [0.1, 0.15) is 33.6 Å². The highest BCUT2D eigenvalue weighted by Crippen LogP contribution is 2.22. The van der Waals surface area contributed by atoms with Crippen molar-refractivity contribution in [2.24, 2.45) is 11.1 Å². The van der Waals surface area contributed by atoms with E-state index < -0.39 is 18.1 Å². The molecule has 0 radical (unpaired) electrons. The van der Waals surface area contributed by atoms with E-state index >= 15 is 0 Å². The number of methoxy groups -OCH3 is 1. The molecule has 0 spiro atoms. The van der Waals surface area contributed by atoms with Crippen LogP contribution in [0.2, 0.25) is 0 Å². The first-order chi connectivity index (χ1) is 8.19. The number of nitrogens with one attached hydrogen (secondary N) is 1. The van der Waals surface area contributed by atoms with Gasteiger partial charge in [-0.3, -0.25) is 9.59 Å². The van der Waals surface area contributed by atoms with E-state index in [0.29, 0.717) is 6.42 Å². The minimum atomic E-state index is -0.939. The Labute approximate surface area is 108 Å². The van der Waals surface area contributed by atoms with Crippen LogP contribution in [0.25, 0.3) is 0 Å². The Bertz CT molecular complexity index is 282. The highest BCUT2D eigenvalue weighted by molar-refractivity contribution is 5.82. The van der Waals surface area contributed by atoms with Gasteiger partial charge in [0.1, 0.15) is 6.10 Å². The van der Waals surface area contributed by atoms with Crippen molar-refractivity contribution in [2.75, 3.05) is 13.7 Å². The third kappa shape index (κ3) is 7.24. The van der Waals surface area contributed by atoms with Crippen LogP contribution in [0.3, 0.4) is 0 Å². The molecular weight excluding hydrogens is 236 g/mol. The maximum atomic E-state index is 11.8. The van der Waals surface area contributed by atoms with Gasteiger partial charge in [0.15, 0.2) is 0 Å². The summed E-state index contributed by atoms with van der Waals surface area (Å²) in [5, 5.41) is 11.5. The molecule has 1 amide bonds. The summed E-state index contributed by atoms with van der Waals surface area (Å²) >= 11 is 0. The van der Waals surface area contributed by atoms with Crippen molar-refractivity contribution in [1.82, 2.24) is 5.32 Å².